The first-order valence-electron chi connectivity index (χ1n) is 5.72. The van der Waals surface area contributed by atoms with Crippen LogP contribution in [-0.2, 0) is 4.79 Å². The van der Waals surface area contributed by atoms with E-state index in [0.29, 0.717) is 6.42 Å². The molecule has 0 bridgehead atoms. The van der Waals surface area contributed by atoms with E-state index >= 15 is 0 Å². The van der Waals surface area contributed by atoms with Crippen LogP contribution in [0.2, 0.25) is 0 Å². The van der Waals surface area contributed by atoms with Gasteiger partial charge in [0, 0.05) is 24.4 Å². The van der Waals surface area contributed by atoms with Crippen molar-refractivity contribution in [3.8, 4) is 0 Å². The first-order valence-corrected chi connectivity index (χ1v) is 8.04. The fourth-order valence-corrected chi connectivity index (χ4v) is 2.95. The van der Waals surface area contributed by atoms with Crippen LogP contribution < -0.4 is 5.32 Å². The third-order valence-corrected chi connectivity index (χ3v) is 4.48. The van der Waals surface area contributed by atoms with Gasteiger partial charge in [0.15, 0.2) is 0 Å². The first-order chi connectivity index (χ1) is 8.22. The van der Waals surface area contributed by atoms with Crippen LogP contribution in [0.4, 0.5) is 0 Å². The van der Waals surface area contributed by atoms with Crippen molar-refractivity contribution < 1.29 is 4.79 Å². The number of rotatable bonds is 7. The molecule has 3 nitrogen and oxygen atoms in total. The summed E-state index contributed by atoms with van der Waals surface area (Å²) < 4.78 is 0. The number of nitrogens with zero attached hydrogens (tertiary/aromatic N) is 1. The molecule has 0 aliphatic rings. The minimum Gasteiger partial charge on any atom is -0.354 e. The van der Waals surface area contributed by atoms with Crippen molar-refractivity contribution in [2.24, 2.45) is 0 Å². The lowest BCUT2D eigenvalue weighted by Gasteiger charge is -2.10. The third-order valence-electron chi connectivity index (χ3n) is 2.21. The van der Waals surface area contributed by atoms with Crippen LogP contribution in [0.25, 0.3) is 0 Å². The van der Waals surface area contributed by atoms with E-state index in [1.165, 1.54) is 0 Å². The number of carbonyl (C=O) groups excluding carboxylic acids is 1. The maximum atomic E-state index is 11.5. The average Bonchev–Trinajstić information content (AvgIpc) is 2.36. The van der Waals surface area contributed by atoms with E-state index in [9.17, 15) is 4.79 Å². The Morgan fingerprint density at radius 3 is 3.00 bits per heavy atom. The van der Waals surface area contributed by atoms with Crippen molar-refractivity contribution in [2.75, 3.05) is 5.75 Å². The van der Waals surface area contributed by atoms with Gasteiger partial charge in [-0.1, -0.05) is 23.8 Å². The molecule has 1 aromatic heterocycles. The molecule has 0 radical (unpaired) electrons. The molecule has 0 spiro atoms. The second-order valence-corrected chi connectivity index (χ2v) is 6.14. The zero-order valence-electron chi connectivity index (χ0n) is 10.2. The molecule has 1 N–H and O–H groups in total. The van der Waals surface area contributed by atoms with E-state index in [1.54, 1.807) is 27.8 Å². The molecule has 1 rings (SSSR count). The molecule has 5 heteroatoms. The van der Waals surface area contributed by atoms with E-state index < -0.39 is 0 Å². The number of aromatic nitrogens is 1. The summed E-state index contributed by atoms with van der Waals surface area (Å²) in [5, 5.41) is 3.94. The zero-order valence-corrected chi connectivity index (χ0v) is 11.8. The number of nitrogens with one attached hydrogen (secondary N) is 1. The van der Waals surface area contributed by atoms with E-state index in [-0.39, 0.29) is 11.9 Å². The Hall–Kier alpha value is -0.680. The van der Waals surface area contributed by atoms with Gasteiger partial charge in [-0.25, -0.2) is 4.98 Å². The summed E-state index contributed by atoms with van der Waals surface area (Å²) in [4.78, 5) is 15.7. The molecule has 0 saturated heterocycles. The van der Waals surface area contributed by atoms with Crippen molar-refractivity contribution in [3.63, 3.8) is 0 Å². The maximum Gasteiger partial charge on any atom is 0.221 e. The number of carbonyl (C=O) groups is 1. The minimum atomic E-state index is 0.133. The van der Waals surface area contributed by atoms with Gasteiger partial charge in [0.2, 0.25) is 5.91 Å². The lowest BCUT2D eigenvalue weighted by molar-refractivity contribution is -0.121. The molecule has 94 valence electrons. The largest absolute Gasteiger partial charge is 0.354 e. The van der Waals surface area contributed by atoms with Gasteiger partial charge in [-0.3, -0.25) is 4.79 Å². The molecule has 0 aromatic carbocycles. The summed E-state index contributed by atoms with van der Waals surface area (Å²) in [6.45, 7) is 4.09. The Labute approximate surface area is 111 Å². The highest BCUT2D eigenvalue weighted by atomic mass is 33.1. The normalized spacial score (nSPS) is 12.1. The number of hydrogen-bond donors (Lipinski definition) is 1. The molecule has 1 aromatic rings. The Morgan fingerprint density at radius 2 is 2.35 bits per heavy atom. The summed E-state index contributed by atoms with van der Waals surface area (Å²) in [6, 6.07) is 6.10. The monoisotopic (exact) mass is 270 g/mol. The van der Waals surface area contributed by atoms with Crippen molar-refractivity contribution in [1.82, 2.24) is 10.3 Å². The minimum absolute atomic E-state index is 0.133. The van der Waals surface area contributed by atoms with Crippen LogP contribution in [-0.4, -0.2) is 22.7 Å². The van der Waals surface area contributed by atoms with Crippen molar-refractivity contribution >= 4 is 27.5 Å². The number of amides is 1. The SMILES string of the molecule is CCC(C)NC(=O)CCSSc1ccccn1. The van der Waals surface area contributed by atoms with Crippen LogP contribution in [0.1, 0.15) is 26.7 Å². The lowest BCUT2D eigenvalue weighted by atomic mass is 10.2. The zero-order chi connectivity index (χ0) is 12.5. The molecule has 1 unspecified atom stereocenters. The standard InChI is InChI=1S/C12H18N2OS2/c1-3-10(2)14-11(15)7-9-16-17-12-6-4-5-8-13-12/h4-6,8,10H,3,7,9H2,1-2H3,(H,14,15). The molecule has 1 atom stereocenters. The second kappa shape index (κ2) is 8.42. The van der Waals surface area contributed by atoms with E-state index in [1.807, 2.05) is 25.1 Å². The van der Waals surface area contributed by atoms with E-state index in [4.69, 9.17) is 0 Å². The second-order valence-electron chi connectivity index (χ2n) is 3.70. The topological polar surface area (TPSA) is 42.0 Å². The van der Waals surface area contributed by atoms with Crippen LogP contribution in [0.5, 0.6) is 0 Å². The quantitative estimate of drug-likeness (QED) is 0.610. The molecule has 17 heavy (non-hydrogen) atoms. The van der Waals surface area contributed by atoms with Gasteiger partial charge in [-0.2, -0.15) is 0 Å². The Bertz CT molecular complexity index is 333. The number of hydrogen-bond acceptors (Lipinski definition) is 4. The van der Waals surface area contributed by atoms with Crippen LogP contribution in [0.15, 0.2) is 29.4 Å². The van der Waals surface area contributed by atoms with Crippen LogP contribution in [0, 0.1) is 0 Å². The van der Waals surface area contributed by atoms with Crippen LogP contribution in [0.3, 0.4) is 0 Å². The van der Waals surface area contributed by atoms with E-state index in [2.05, 4.69) is 17.2 Å². The van der Waals surface area contributed by atoms with Gasteiger partial charge in [0.1, 0.15) is 5.03 Å². The summed E-state index contributed by atoms with van der Waals surface area (Å²) in [5.74, 6) is 0.942. The average molecular weight is 270 g/mol. The smallest absolute Gasteiger partial charge is 0.221 e. The molecule has 1 amide bonds. The van der Waals surface area contributed by atoms with E-state index in [0.717, 1.165) is 17.2 Å². The van der Waals surface area contributed by atoms with Gasteiger partial charge in [0.05, 0.1) is 0 Å². The van der Waals surface area contributed by atoms with Crippen molar-refractivity contribution in [2.45, 2.75) is 37.8 Å². The lowest BCUT2D eigenvalue weighted by Crippen LogP contribution is -2.31. The van der Waals surface area contributed by atoms with Gasteiger partial charge in [-0.05, 0) is 36.3 Å². The molecule has 1 heterocycles. The fraction of sp³-hybridized carbons (Fsp3) is 0.500. The summed E-state index contributed by atoms with van der Waals surface area (Å²) in [6.07, 6.45) is 3.31. The van der Waals surface area contributed by atoms with Gasteiger partial charge in [0.25, 0.3) is 0 Å². The highest BCUT2D eigenvalue weighted by Gasteiger charge is 2.05. The molecule has 0 saturated carbocycles. The highest BCUT2D eigenvalue weighted by molar-refractivity contribution is 8.76. The van der Waals surface area contributed by atoms with Gasteiger partial charge in [-0.15, -0.1) is 0 Å². The number of pyridine rings is 1. The Kier molecular flexibility index (Phi) is 7.12. The maximum absolute atomic E-state index is 11.5. The first kappa shape index (κ1) is 14.4. The predicted octanol–water partition coefficient (Wildman–Crippen LogP) is 3.13. The van der Waals surface area contributed by atoms with Crippen molar-refractivity contribution in [3.05, 3.63) is 24.4 Å². The van der Waals surface area contributed by atoms with Gasteiger partial charge >= 0.3 is 0 Å². The predicted molar refractivity (Wildman–Crippen MR) is 75.1 cm³/mol. The molecular formula is C12H18N2OS2. The van der Waals surface area contributed by atoms with Gasteiger partial charge < -0.3 is 5.32 Å². The third kappa shape index (κ3) is 6.58. The Morgan fingerprint density at radius 1 is 1.53 bits per heavy atom. The fourth-order valence-electron chi connectivity index (χ4n) is 1.08. The molecule has 0 aliphatic heterocycles. The summed E-state index contributed by atoms with van der Waals surface area (Å²) in [5.41, 5.74) is 0. The molecular weight excluding hydrogens is 252 g/mol. The summed E-state index contributed by atoms with van der Waals surface area (Å²) in [7, 11) is 3.28. The molecule has 0 aliphatic carbocycles. The Balaban J connectivity index is 2.10. The van der Waals surface area contributed by atoms with Crippen LogP contribution >= 0.6 is 21.6 Å². The van der Waals surface area contributed by atoms with Crippen molar-refractivity contribution in [1.29, 1.82) is 0 Å². The highest BCUT2D eigenvalue weighted by Crippen LogP contribution is 2.29. The summed E-state index contributed by atoms with van der Waals surface area (Å²) >= 11 is 0. The molecule has 0 fully saturated rings.